The number of halogens is 2. The summed E-state index contributed by atoms with van der Waals surface area (Å²) in [4.78, 5) is 8.36. The maximum atomic E-state index is 12.7. The minimum atomic E-state index is -2.48. The predicted octanol–water partition coefficient (Wildman–Crippen LogP) is 3.51. The van der Waals surface area contributed by atoms with Gasteiger partial charge in [0.15, 0.2) is 5.82 Å². The van der Waals surface area contributed by atoms with Crippen LogP contribution in [0.3, 0.4) is 0 Å². The molecule has 18 heavy (non-hydrogen) atoms. The van der Waals surface area contributed by atoms with Crippen molar-refractivity contribution in [1.82, 2.24) is 9.97 Å². The third kappa shape index (κ3) is 2.61. The molecule has 94 valence electrons. The Bertz CT molecular complexity index is 529. The maximum Gasteiger partial charge on any atom is 0.263 e. The number of anilines is 1. The highest BCUT2D eigenvalue weighted by Crippen LogP contribution is 2.27. The number of alkyl halides is 2. The highest BCUT2D eigenvalue weighted by atomic mass is 19.3. The monoisotopic (exact) mass is 249 g/mol. The van der Waals surface area contributed by atoms with Crippen molar-refractivity contribution < 1.29 is 8.78 Å². The Morgan fingerprint density at radius 2 is 2.00 bits per heavy atom. The van der Waals surface area contributed by atoms with Crippen molar-refractivity contribution in [2.45, 2.75) is 13.3 Å². The molecule has 0 fully saturated rings. The average molecular weight is 249 g/mol. The first kappa shape index (κ1) is 12.4. The van der Waals surface area contributed by atoms with Crippen LogP contribution in [0.25, 0.3) is 11.3 Å². The van der Waals surface area contributed by atoms with Crippen LogP contribution in [0.15, 0.2) is 36.7 Å². The molecule has 1 aromatic carbocycles. The van der Waals surface area contributed by atoms with E-state index in [1.54, 1.807) is 24.5 Å². The van der Waals surface area contributed by atoms with Crippen LogP contribution < -0.4 is 5.32 Å². The minimum Gasteiger partial charge on any atom is -0.369 e. The quantitative estimate of drug-likeness (QED) is 0.901. The van der Waals surface area contributed by atoms with E-state index in [1.807, 2.05) is 6.92 Å². The molecule has 0 radical (unpaired) electrons. The van der Waals surface area contributed by atoms with Gasteiger partial charge in [0.2, 0.25) is 0 Å². The predicted molar refractivity (Wildman–Crippen MR) is 66.6 cm³/mol. The molecule has 2 rings (SSSR count). The van der Waals surface area contributed by atoms with Gasteiger partial charge in [0.05, 0.1) is 0 Å². The SMILES string of the molecule is CCNc1nccnc1-c1cccc(C(F)F)c1. The fourth-order valence-electron chi connectivity index (χ4n) is 1.67. The van der Waals surface area contributed by atoms with Crippen LogP contribution in [-0.4, -0.2) is 16.5 Å². The lowest BCUT2D eigenvalue weighted by Gasteiger charge is -2.09. The van der Waals surface area contributed by atoms with Crippen molar-refractivity contribution in [3.8, 4) is 11.3 Å². The fourth-order valence-corrected chi connectivity index (χ4v) is 1.67. The molecule has 0 saturated heterocycles. The molecule has 0 saturated carbocycles. The van der Waals surface area contributed by atoms with E-state index in [4.69, 9.17) is 0 Å². The second kappa shape index (κ2) is 5.53. The van der Waals surface area contributed by atoms with Gasteiger partial charge >= 0.3 is 0 Å². The molecular formula is C13H13F2N3. The molecule has 1 heterocycles. The van der Waals surface area contributed by atoms with Crippen LogP contribution in [0.2, 0.25) is 0 Å². The van der Waals surface area contributed by atoms with Crippen molar-refractivity contribution in [2.75, 3.05) is 11.9 Å². The Morgan fingerprint density at radius 1 is 1.22 bits per heavy atom. The Labute approximate surface area is 104 Å². The van der Waals surface area contributed by atoms with Gasteiger partial charge in [-0.25, -0.2) is 13.8 Å². The molecule has 0 aliphatic heterocycles. The number of hydrogen-bond donors (Lipinski definition) is 1. The molecule has 1 aromatic heterocycles. The van der Waals surface area contributed by atoms with Crippen molar-refractivity contribution >= 4 is 5.82 Å². The van der Waals surface area contributed by atoms with Gasteiger partial charge in [0, 0.05) is 30.1 Å². The molecule has 0 aliphatic carbocycles. The van der Waals surface area contributed by atoms with Gasteiger partial charge in [-0.15, -0.1) is 0 Å². The molecule has 2 aromatic rings. The zero-order valence-electron chi connectivity index (χ0n) is 9.90. The summed E-state index contributed by atoms with van der Waals surface area (Å²) in [5.41, 5.74) is 1.21. The molecule has 0 atom stereocenters. The molecule has 1 N–H and O–H groups in total. The highest BCUT2D eigenvalue weighted by Gasteiger charge is 2.11. The summed E-state index contributed by atoms with van der Waals surface area (Å²) >= 11 is 0. The number of nitrogens with one attached hydrogen (secondary N) is 1. The first-order valence-electron chi connectivity index (χ1n) is 5.65. The number of hydrogen-bond acceptors (Lipinski definition) is 3. The Kier molecular flexibility index (Phi) is 3.82. The second-order valence-corrected chi connectivity index (χ2v) is 3.71. The lowest BCUT2D eigenvalue weighted by molar-refractivity contribution is 0.151. The van der Waals surface area contributed by atoms with Crippen LogP contribution in [0.4, 0.5) is 14.6 Å². The van der Waals surface area contributed by atoms with Gasteiger partial charge in [-0.3, -0.25) is 4.98 Å². The number of rotatable bonds is 4. The number of aromatic nitrogens is 2. The summed E-state index contributed by atoms with van der Waals surface area (Å²) in [7, 11) is 0. The summed E-state index contributed by atoms with van der Waals surface area (Å²) in [6.45, 7) is 2.63. The third-order valence-electron chi connectivity index (χ3n) is 2.45. The molecule has 0 spiro atoms. The van der Waals surface area contributed by atoms with E-state index in [1.165, 1.54) is 12.1 Å². The lowest BCUT2D eigenvalue weighted by Crippen LogP contribution is -2.02. The Morgan fingerprint density at radius 3 is 2.72 bits per heavy atom. The maximum absolute atomic E-state index is 12.7. The standard InChI is InChI=1S/C13H13F2N3/c1-2-16-13-11(17-6-7-18-13)9-4-3-5-10(8-9)12(14)15/h3-8,12H,2H2,1H3,(H,16,18). The van der Waals surface area contributed by atoms with E-state index in [9.17, 15) is 8.78 Å². The fraction of sp³-hybridized carbons (Fsp3) is 0.231. The normalized spacial score (nSPS) is 10.7. The van der Waals surface area contributed by atoms with E-state index in [0.717, 1.165) is 0 Å². The average Bonchev–Trinajstić information content (AvgIpc) is 2.40. The summed E-state index contributed by atoms with van der Waals surface area (Å²) in [6, 6.07) is 6.19. The van der Waals surface area contributed by atoms with Gasteiger partial charge in [-0.05, 0) is 13.0 Å². The van der Waals surface area contributed by atoms with Crippen molar-refractivity contribution in [2.24, 2.45) is 0 Å². The zero-order chi connectivity index (χ0) is 13.0. The van der Waals surface area contributed by atoms with Crippen molar-refractivity contribution in [3.63, 3.8) is 0 Å². The second-order valence-electron chi connectivity index (χ2n) is 3.71. The lowest BCUT2D eigenvalue weighted by atomic mass is 10.1. The van der Waals surface area contributed by atoms with E-state index in [2.05, 4.69) is 15.3 Å². The molecule has 0 bridgehead atoms. The molecule has 5 heteroatoms. The smallest absolute Gasteiger partial charge is 0.263 e. The van der Waals surface area contributed by atoms with Gasteiger partial charge in [0.25, 0.3) is 6.43 Å². The summed E-state index contributed by atoms with van der Waals surface area (Å²) in [5, 5.41) is 3.06. The molecule has 0 unspecified atom stereocenters. The third-order valence-corrected chi connectivity index (χ3v) is 2.45. The molecule has 0 amide bonds. The van der Waals surface area contributed by atoms with Gasteiger partial charge in [-0.1, -0.05) is 18.2 Å². The van der Waals surface area contributed by atoms with E-state index in [-0.39, 0.29) is 5.56 Å². The van der Waals surface area contributed by atoms with E-state index < -0.39 is 6.43 Å². The summed E-state index contributed by atoms with van der Waals surface area (Å²) < 4.78 is 25.3. The zero-order valence-corrected chi connectivity index (χ0v) is 9.90. The number of benzene rings is 1. The van der Waals surface area contributed by atoms with Gasteiger partial charge < -0.3 is 5.32 Å². The Balaban J connectivity index is 2.45. The topological polar surface area (TPSA) is 37.8 Å². The Hall–Kier alpha value is -2.04. The largest absolute Gasteiger partial charge is 0.369 e. The van der Waals surface area contributed by atoms with E-state index in [0.29, 0.717) is 23.6 Å². The molecule has 3 nitrogen and oxygen atoms in total. The van der Waals surface area contributed by atoms with Crippen LogP contribution in [-0.2, 0) is 0 Å². The van der Waals surface area contributed by atoms with Crippen molar-refractivity contribution in [3.05, 3.63) is 42.2 Å². The first-order chi connectivity index (χ1) is 8.72. The van der Waals surface area contributed by atoms with E-state index >= 15 is 0 Å². The molecular weight excluding hydrogens is 236 g/mol. The minimum absolute atomic E-state index is 0.0133. The van der Waals surface area contributed by atoms with Crippen LogP contribution in [0.5, 0.6) is 0 Å². The first-order valence-corrected chi connectivity index (χ1v) is 5.65. The number of nitrogens with zero attached hydrogens (tertiary/aromatic N) is 2. The van der Waals surface area contributed by atoms with Crippen LogP contribution in [0.1, 0.15) is 18.9 Å². The highest BCUT2D eigenvalue weighted by molar-refractivity contribution is 5.71. The van der Waals surface area contributed by atoms with Crippen molar-refractivity contribution in [1.29, 1.82) is 0 Å². The van der Waals surface area contributed by atoms with Gasteiger partial charge in [0.1, 0.15) is 5.69 Å². The summed E-state index contributed by atoms with van der Waals surface area (Å²) in [5.74, 6) is 0.603. The van der Waals surface area contributed by atoms with Crippen LogP contribution in [0, 0.1) is 0 Å². The molecule has 0 aliphatic rings. The summed E-state index contributed by atoms with van der Waals surface area (Å²) in [6.07, 6.45) is 0.633. The van der Waals surface area contributed by atoms with Gasteiger partial charge in [-0.2, -0.15) is 0 Å². The van der Waals surface area contributed by atoms with Crippen LogP contribution >= 0.6 is 0 Å².